The van der Waals surface area contributed by atoms with Gasteiger partial charge in [0.05, 0.1) is 13.1 Å². The average Bonchev–Trinajstić information content (AvgIpc) is 3.07. The first-order valence-corrected chi connectivity index (χ1v) is 8.72. The van der Waals surface area contributed by atoms with Gasteiger partial charge in [-0.2, -0.15) is 5.10 Å². The van der Waals surface area contributed by atoms with Gasteiger partial charge >= 0.3 is 0 Å². The highest BCUT2D eigenvalue weighted by atomic mass is 16.2. The van der Waals surface area contributed by atoms with E-state index < -0.39 is 0 Å². The van der Waals surface area contributed by atoms with Crippen LogP contribution in [0.15, 0.2) is 30.6 Å². The number of hydrogen-bond acceptors (Lipinski definition) is 4. The van der Waals surface area contributed by atoms with E-state index >= 15 is 0 Å². The van der Waals surface area contributed by atoms with Crippen LogP contribution in [0.2, 0.25) is 0 Å². The Hall–Kier alpha value is -2.21. The predicted octanol–water partition coefficient (Wildman–Crippen LogP) is 1.55. The number of amides is 1. The number of para-hydroxylation sites is 1. The Labute approximate surface area is 141 Å². The molecule has 2 aliphatic heterocycles. The van der Waals surface area contributed by atoms with Crippen molar-refractivity contribution in [2.24, 2.45) is 0 Å². The molecule has 6 heteroatoms. The largest absolute Gasteiger partial charge is 0.308 e. The van der Waals surface area contributed by atoms with Crippen LogP contribution < -0.4 is 10.2 Å². The minimum Gasteiger partial charge on any atom is -0.308 e. The third kappa shape index (κ3) is 2.82. The molecule has 2 aliphatic rings. The third-order valence-electron chi connectivity index (χ3n) is 5.14. The van der Waals surface area contributed by atoms with Gasteiger partial charge in [0.2, 0.25) is 5.91 Å². The van der Waals surface area contributed by atoms with Crippen LogP contribution in [-0.4, -0.2) is 39.3 Å². The van der Waals surface area contributed by atoms with E-state index in [9.17, 15) is 4.79 Å². The van der Waals surface area contributed by atoms with Crippen LogP contribution in [0.5, 0.6) is 0 Å². The lowest BCUT2D eigenvalue weighted by atomic mass is 9.96. The molecule has 0 fully saturated rings. The van der Waals surface area contributed by atoms with Gasteiger partial charge in [0.25, 0.3) is 0 Å². The number of rotatable bonds is 3. The Morgan fingerprint density at radius 3 is 3.08 bits per heavy atom. The lowest BCUT2D eigenvalue weighted by Crippen LogP contribution is -2.49. The first-order valence-electron chi connectivity index (χ1n) is 8.72. The summed E-state index contributed by atoms with van der Waals surface area (Å²) in [5.74, 6) is 1.19. The van der Waals surface area contributed by atoms with Crippen LogP contribution in [0.1, 0.15) is 31.2 Å². The maximum atomic E-state index is 12.8. The Bertz CT molecular complexity index is 741. The molecule has 0 saturated heterocycles. The van der Waals surface area contributed by atoms with Crippen molar-refractivity contribution in [1.29, 1.82) is 0 Å². The summed E-state index contributed by atoms with van der Waals surface area (Å²) in [6.45, 7) is 3.29. The quantitative estimate of drug-likeness (QED) is 0.930. The zero-order valence-corrected chi connectivity index (χ0v) is 14.0. The van der Waals surface area contributed by atoms with Gasteiger partial charge in [-0.25, -0.2) is 9.67 Å². The number of nitrogens with zero attached hydrogens (tertiary/aromatic N) is 4. The fourth-order valence-electron chi connectivity index (χ4n) is 3.79. The SMILES string of the molecule is CC1CCc2ccccc2N1C(=O)CNC1CCc2ncnn2C1. The Morgan fingerprint density at radius 1 is 1.29 bits per heavy atom. The zero-order chi connectivity index (χ0) is 16.5. The predicted molar refractivity (Wildman–Crippen MR) is 91.8 cm³/mol. The van der Waals surface area contributed by atoms with Crippen molar-refractivity contribution in [2.75, 3.05) is 11.4 Å². The monoisotopic (exact) mass is 325 g/mol. The van der Waals surface area contributed by atoms with E-state index in [0.717, 1.165) is 43.7 Å². The Morgan fingerprint density at radius 2 is 2.17 bits per heavy atom. The molecule has 2 atom stereocenters. The highest BCUT2D eigenvalue weighted by molar-refractivity contribution is 5.96. The molecule has 2 aromatic rings. The van der Waals surface area contributed by atoms with Gasteiger partial charge in [-0.1, -0.05) is 18.2 Å². The number of anilines is 1. The summed E-state index contributed by atoms with van der Waals surface area (Å²) in [4.78, 5) is 19.0. The van der Waals surface area contributed by atoms with Crippen molar-refractivity contribution in [3.05, 3.63) is 42.0 Å². The summed E-state index contributed by atoms with van der Waals surface area (Å²) < 4.78 is 1.93. The molecule has 24 heavy (non-hydrogen) atoms. The molecule has 0 bridgehead atoms. The van der Waals surface area contributed by atoms with Crippen LogP contribution in [-0.2, 0) is 24.2 Å². The molecular formula is C18H23N5O. The smallest absolute Gasteiger partial charge is 0.241 e. The van der Waals surface area contributed by atoms with Gasteiger partial charge < -0.3 is 10.2 Å². The van der Waals surface area contributed by atoms with Crippen LogP contribution in [0, 0.1) is 0 Å². The summed E-state index contributed by atoms with van der Waals surface area (Å²) in [6.07, 6.45) is 5.59. The van der Waals surface area contributed by atoms with Gasteiger partial charge in [-0.05, 0) is 37.8 Å². The highest BCUT2D eigenvalue weighted by Gasteiger charge is 2.28. The van der Waals surface area contributed by atoms with Crippen LogP contribution in [0.3, 0.4) is 0 Å². The normalized spacial score (nSPS) is 22.8. The van der Waals surface area contributed by atoms with Gasteiger partial charge in [0.15, 0.2) is 0 Å². The van der Waals surface area contributed by atoms with Gasteiger partial charge in [-0.3, -0.25) is 4.79 Å². The molecule has 2 unspecified atom stereocenters. The molecule has 3 heterocycles. The third-order valence-corrected chi connectivity index (χ3v) is 5.14. The second kappa shape index (κ2) is 6.36. The summed E-state index contributed by atoms with van der Waals surface area (Å²) >= 11 is 0. The van der Waals surface area contributed by atoms with Gasteiger partial charge in [-0.15, -0.1) is 0 Å². The molecule has 4 rings (SSSR count). The second-order valence-corrected chi connectivity index (χ2v) is 6.76. The standard InChI is InChI=1S/C18H23N5O/c1-13-6-7-14-4-2-3-5-16(14)23(13)18(24)10-19-15-8-9-17-20-12-21-22(17)11-15/h2-5,12-13,15,19H,6-11H2,1H3. The summed E-state index contributed by atoms with van der Waals surface area (Å²) in [7, 11) is 0. The Balaban J connectivity index is 1.42. The Kier molecular flexibility index (Phi) is 4.06. The lowest BCUT2D eigenvalue weighted by Gasteiger charge is -2.36. The van der Waals surface area contributed by atoms with E-state index in [0.29, 0.717) is 6.54 Å². The molecule has 0 spiro atoms. The van der Waals surface area contributed by atoms with E-state index in [4.69, 9.17) is 0 Å². The maximum Gasteiger partial charge on any atom is 0.241 e. The van der Waals surface area contributed by atoms with E-state index in [1.165, 1.54) is 5.56 Å². The maximum absolute atomic E-state index is 12.8. The number of carbonyl (C=O) groups is 1. The van der Waals surface area contributed by atoms with Crippen molar-refractivity contribution in [3.8, 4) is 0 Å². The summed E-state index contributed by atoms with van der Waals surface area (Å²) in [5, 5.41) is 7.66. The number of aromatic nitrogens is 3. The van der Waals surface area contributed by atoms with Crippen LogP contribution in [0.4, 0.5) is 5.69 Å². The fraction of sp³-hybridized carbons (Fsp3) is 0.500. The number of nitrogens with one attached hydrogen (secondary N) is 1. The number of fused-ring (bicyclic) bond motifs is 2. The van der Waals surface area contributed by atoms with E-state index in [1.807, 2.05) is 21.7 Å². The zero-order valence-electron chi connectivity index (χ0n) is 14.0. The molecular weight excluding hydrogens is 302 g/mol. The fourth-order valence-corrected chi connectivity index (χ4v) is 3.79. The lowest BCUT2D eigenvalue weighted by molar-refractivity contribution is -0.118. The highest BCUT2D eigenvalue weighted by Crippen LogP contribution is 2.30. The van der Waals surface area contributed by atoms with Crippen molar-refractivity contribution in [3.63, 3.8) is 0 Å². The molecule has 1 aromatic carbocycles. The van der Waals surface area contributed by atoms with Gasteiger partial charge in [0, 0.05) is 24.2 Å². The minimum absolute atomic E-state index is 0.152. The number of aryl methyl sites for hydroxylation is 2. The molecule has 1 aromatic heterocycles. The molecule has 0 radical (unpaired) electrons. The van der Waals surface area contributed by atoms with Crippen LogP contribution in [0.25, 0.3) is 0 Å². The summed E-state index contributed by atoms with van der Waals surface area (Å²) in [5.41, 5.74) is 2.35. The van der Waals surface area contributed by atoms with E-state index in [-0.39, 0.29) is 18.0 Å². The number of hydrogen-bond donors (Lipinski definition) is 1. The van der Waals surface area contributed by atoms with Crippen molar-refractivity contribution in [2.45, 2.75) is 51.2 Å². The molecule has 1 N–H and O–H groups in total. The van der Waals surface area contributed by atoms with Gasteiger partial charge in [0.1, 0.15) is 12.2 Å². The summed E-state index contributed by atoms with van der Waals surface area (Å²) in [6, 6.07) is 8.78. The molecule has 126 valence electrons. The van der Waals surface area contributed by atoms with Crippen molar-refractivity contribution in [1.82, 2.24) is 20.1 Å². The first kappa shape index (κ1) is 15.3. The average molecular weight is 325 g/mol. The molecule has 0 aliphatic carbocycles. The molecule has 6 nitrogen and oxygen atoms in total. The topological polar surface area (TPSA) is 63.1 Å². The molecule has 1 amide bonds. The van der Waals surface area contributed by atoms with Crippen molar-refractivity contribution < 1.29 is 4.79 Å². The minimum atomic E-state index is 0.152. The van der Waals surface area contributed by atoms with E-state index in [1.54, 1.807) is 6.33 Å². The van der Waals surface area contributed by atoms with E-state index in [2.05, 4.69) is 34.5 Å². The van der Waals surface area contributed by atoms with Crippen molar-refractivity contribution >= 4 is 11.6 Å². The number of benzene rings is 1. The number of carbonyl (C=O) groups excluding carboxylic acids is 1. The second-order valence-electron chi connectivity index (χ2n) is 6.76. The van der Waals surface area contributed by atoms with Crippen LogP contribution >= 0.6 is 0 Å². The molecule has 0 saturated carbocycles. The first-order chi connectivity index (χ1) is 11.7.